The minimum Gasteiger partial charge on any atom is -0.352 e. The van der Waals surface area contributed by atoms with Crippen LogP contribution in [-0.2, 0) is 0 Å². The molecule has 0 aliphatic heterocycles. The second kappa shape index (κ2) is 7.14. The van der Waals surface area contributed by atoms with E-state index in [4.69, 9.17) is 11.6 Å². The summed E-state index contributed by atoms with van der Waals surface area (Å²) in [6.45, 7) is 0.211. The van der Waals surface area contributed by atoms with Crippen LogP contribution in [0.4, 0.5) is 13.2 Å². The average Bonchev–Trinajstić information content (AvgIpc) is 2.30. The van der Waals surface area contributed by atoms with E-state index in [-0.39, 0.29) is 25.3 Å². The predicted molar refractivity (Wildman–Crippen MR) is 71.4 cm³/mol. The van der Waals surface area contributed by atoms with Crippen molar-refractivity contribution in [3.8, 4) is 0 Å². The zero-order valence-electron chi connectivity index (χ0n) is 9.86. The molecule has 1 amide bonds. The summed E-state index contributed by atoms with van der Waals surface area (Å²) < 4.78 is 36.3. The maximum absolute atomic E-state index is 11.9. The summed E-state index contributed by atoms with van der Waals surface area (Å²) in [4.78, 5) is 11.7. The molecule has 0 aliphatic carbocycles. The molecule has 0 saturated carbocycles. The first-order valence-corrected chi connectivity index (χ1v) is 6.77. The number of hydrogen-bond donors (Lipinski definition) is 1. The van der Waals surface area contributed by atoms with Gasteiger partial charge in [0.05, 0.1) is 5.02 Å². The van der Waals surface area contributed by atoms with E-state index in [0.717, 1.165) is 0 Å². The molecule has 2 nitrogen and oxygen atoms in total. The monoisotopic (exact) mass is 357 g/mol. The van der Waals surface area contributed by atoms with Crippen molar-refractivity contribution < 1.29 is 18.0 Å². The summed E-state index contributed by atoms with van der Waals surface area (Å²) in [5.74, 6) is -0.346. The molecule has 1 rings (SSSR count). The van der Waals surface area contributed by atoms with E-state index in [1.54, 1.807) is 12.1 Å². The number of unbranched alkanes of at least 4 members (excludes halogenated alkanes) is 1. The second-order valence-corrected chi connectivity index (χ2v) is 5.22. The maximum atomic E-state index is 11.9. The van der Waals surface area contributed by atoms with Gasteiger partial charge in [-0.05, 0) is 47.0 Å². The summed E-state index contributed by atoms with van der Waals surface area (Å²) >= 11 is 9.04. The van der Waals surface area contributed by atoms with Gasteiger partial charge in [-0.3, -0.25) is 4.79 Å². The van der Waals surface area contributed by atoms with Crippen molar-refractivity contribution in [2.75, 3.05) is 6.54 Å². The largest absolute Gasteiger partial charge is 0.389 e. The Balaban J connectivity index is 2.33. The first-order valence-electron chi connectivity index (χ1n) is 5.59. The molecule has 0 radical (unpaired) electrons. The van der Waals surface area contributed by atoms with Gasteiger partial charge < -0.3 is 5.32 Å². The fourth-order valence-electron chi connectivity index (χ4n) is 1.39. The van der Waals surface area contributed by atoms with E-state index >= 15 is 0 Å². The van der Waals surface area contributed by atoms with E-state index in [0.29, 0.717) is 15.1 Å². The van der Waals surface area contributed by atoms with Crippen molar-refractivity contribution in [3.63, 3.8) is 0 Å². The number of carbonyl (C=O) groups is 1. The fourth-order valence-corrected chi connectivity index (χ4v) is 1.82. The Morgan fingerprint density at radius 1 is 1.32 bits per heavy atom. The van der Waals surface area contributed by atoms with Crippen LogP contribution in [0.25, 0.3) is 0 Å². The minimum atomic E-state index is -4.14. The third kappa shape index (κ3) is 6.29. The Labute approximate surface area is 122 Å². The molecular formula is C12H12BrClF3NO. The lowest BCUT2D eigenvalue weighted by Gasteiger charge is -2.07. The van der Waals surface area contributed by atoms with E-state index in [1.807, 2.05) is 0 Å². The molecule has 0 heterocycles. The van der Waals surface area contributed by atoms with Crippen LogP contribution in [0.2, 0.25) is 5.02 Å². The Bertz CT molecular complexity index is 451. The van der Waals surface area contributed by atoms with Gasteiger partial charge in [0.25, 0.3) is 5.91 Å². The van der Waals surface area contributed by atoms with Crippen LogP contribution in [0.5, 0.6) is 0 Å². The van der Waals surface area contributed by atoms with Crippen molar-refractivity contribution in [1.29, 1.82) is 0 Å². The number of hydrogen-bond acceptors (Lipinski definition) is 1. The van der Waals surface area contributed by atoms with Crippen LogP contribution >= 0.6 is 27.5 Å². The first kappa shape index (κ1) is 16.3. The Morgan fingerprint density at radius 3 is 2.58 bits per heavy atom. The Morgan fingerprint density at radius 2 is 2.00 bits per heavy atom. The number of halogens is 5. The lowest BCUT2D eigenvalue weighted by atomic mass is 10.2. The van der Waals surface area contributed by atoms with Gasteiger partial charge in [0.1, 0.15) is 0 Å². The highest BCUT2D eigenvalue weighted by atomic mass is 79.9. The minimum absolute atomic E-state index is 0.00484. The van der Waals surface area contributed by atoms with Crippen molar-refractivity contribution in [3.05, 3.63) is 33.3 Å². The Kier molecular flexibility index (Phi) is 6.13. The number of alkyl halides is 3. The number of rotatable bonds is 5. The lowest BCUT2D eigenvalue weighted by Crippen LogP contribution is -2.24. The molecule has 0 spiro atoms. The topological polar surface area (TPSA) is 29.1 Å². The fraction of sp³-hybridized carbons (Fsp3) is 0.417. The highest BCUT2D eigenvalue weighted by molar-refractivity contribution is 9.10. The summed E-state index contributed by atoms with van der Waals surface area (Å²) in [6, 6.07) is 4.72. The molecule has 1 aromatic carbocycles. The molecule has 0 bridgehead atoms. The zero-order chi connectivity index (χ0) is 14.5. The summed E-state index contributed by atoms with van der Waals surface area (Å²) in [6.07, 6.45) is -4.67. The molecule has 0 unspecified atom stereocenters. The van der Waals surface area contributed by atoms with Crippen molar-refractivity contribution in [2.24, 2.45) is 0 Å². The van der Waals surface area contributed by atoms with E-state index in [9.17, 15) is 18.0 Å². The molecule has 0 atom stereocenters. The van der Waals surface area contributed by atoms with Crippen LogP contribution < -0.4 is 5.32 Å². The molecule has 19 heavy (non-hydrogen) atoms. The highest BCUT2D eigenvalue weighted by Crippen LogP contribution is 2.23. The van der Waals surface area contributed by atoms with Gasteiger partial charge in [-0.1, -0.05) is 11.6 Å². The van der Waals surface area contributed by atoms with Gasteiger partial charge in [0.2, 0.25) is 0 Å². The molecule has 0 aliphatic rings. The molecular weight excluding hydrogens is 346 g/mol. The number of nitrogens with one attached hydrogen (secondary N) is 1. The molecule has 7 heteroatoms. The van der Waals surface area contributed by atoms with Crippen molar-refractivity contribution in [2.45, 2.75) is 25.4 Å². The third-order valence-corrected chi connectivity index (χ3v) is 3.59. The lowest BCUT2D eigenvalue weighted by molar-refractivity contribution is -0.135. The summed E-state index contributed by atoms with van der Waals surface area (Å²) in [7, 11) is 0. The average molecular weight is 359 g/mol. The maximum Gasteiger partial charge on any atom is 0.389 e. The van der Waals surface area contributed by atoms with Gasteiger partial charge in [-0.15, -0.1) is 0 Å². The quantitative estimate of drug-likeness (QED) is 0.768. The van der Waals surface area contributed by atoms with Crippen molar-refractivity contribution in [1.82, 2.24) is 5.32 Å². The number of carbonyl (C=O) groups excluding carboxylic acids is 1. The van der Waals surface area contributed by atoms with Crippen LogP contribution in [0.3, 0.4) is 0 Å². The van der Waals surface area contributed by atoms with Gasteiger partial charge in [-0.2, -0.15) is 13.2 Å². The van der Waals surface area contributed by atoms with Gasteiger partial charge in [-0.25, -0.2) is 0 Å². The molecule has 1 aromatic rings. The smallest absolute Gasteiger partial charge is 0.352 e. The van der Waals surface area contributed by atoms with Gasteiger partial charge >= 0.3 is 6.18 Å². The molecule has 0 aromatic heterocycles. The molecule has 1 N–H and O–H groups in total. The van der Waals surface area contributed by atoms with Gasteiger partial charge in [0.15, 0.2) is 0 Å². The molecule has 106 valence electrons. The first-order chi connectivity index (χ1) is 8.79. The van der Waals surface area contributed by atoms with Crippen LogP contribution in [-0.4, -0.2) is 18.6 Å². The van der Waals surface area contributed by atoms with Gasteiger partial charge in [0, 0.05) is 23.0 Å². The number of amides is 1. The third-order valence-electron chi connectivity index (χ3n) is 2.35. The van der Waals surface area contributed by atoms with E-state index < -0.39 is 12.6 Å². The van der Waals surface area contributed by atoms with E-state index in [2.05, 4.69) is 21.2 Å². The standard InChI is InChI=1S/C12H12BrClF3NO/c13-9-4-3-8(7-10(9)14)11(19)18-6-2-1-5-12(15,16)17/h3-4,7H,1-2,5-6H2,(H,18,19). The van der Waals surface area contributed by atoms with Crippen LogP contribution in [0, 0.1) is 0 Å². The second-order valence-electron chi connectivity index (χ2n) is 3.96. The predicted octanol–water partition coefficient (Wildman–Crippen LogP) is 4.56. The SMILES string of the molecule is O=C(NCCCCC(F)(F)F)c1ccc(Br)c(Cl)c1. The highest BCUT2D eigenvalue weighted by Gasteiger charge is 2.25. The Hall–Kier alpha value is -0.750. The normalized spacial score (nSPS) is 11.4. The summed E-state index contributed by atoms with van der Waals surface area (Å²) in [5, 5.41) is 2.96. The molecule has 0 fully saturated rings. The summed E-state index contributed by atoms with van der Waals surface area (Å²) in [5.41, 5.74) is 0.379. The zero-order valence-corrected chi connectivity index (χ0v) is 12.2. The van der Waals surface area contributed by atoms with Crippen LogP contribution in [0.15, 0.2) is 22.7 Å². The van der Waals surface area contributed by atoms with E-state index in [1.165, 1.54) is 6.07 Å². The number of benzene rings is 1. The van der Waals surface area contributed by atoms with Crippen molar-refractivity contribution >= 4 is 33.4 Å². The van der Waals surface area contributed by atoms with Crippen LogP contribution in [0.1, 0.15) is 29.6 Å². The molecule has 0 saturated heterocycles.